The normalized spacial score (nSPS) is 14.0. The molecular formula is C19H18N2O4. The number of hydrogen-bond acceptors (Lipinski definition) is 4. The predicted octanol–water partition coefficient (Wildman–Crippen LogP) is 3.69. The molecule has 2 aromatic rings. The van der Waals surface area contributed by atoms with E-state index in [9.17, 15) is 19.7 Å². The zero-order valence-electron chi connectivity index (χ0n) is 14.3. The number of nitro benzene ring substituents is 1. The molecule has 128 valence electrons. The van der Waals surface area contributed by atoms with Crippen molar-refractivity contribution >= 4 is 17.5 Å². The van der Waals surface area contributed by atoms with Crippen LogP contribution in [-0.4, -0.2) is 21.6 Å². The van der Waals surface area contributed by atoms with Crippen LogP contribution in [0.25, 0.3) is 0 Å². The molecule has 0 saturated carbocycles. The number of nitro groups is 1. The largest absolute Gasteiger partial charge is 0.270 e. The first kappa shape index (κ1) is 16.8. The summed E-state index contributed by atoms with van der Waals surface area (Å²) in [6.07, 6.45) is 0. The summed E-state index contributed by atoms with van der Waals surface area (Å²) in [7, 11) is 0. The third-order valence-electron chi connectivity index (χ3n) is 4.33. The van der Waals surface area contributed by atoms with Gasteiger partial charge in [-0.05, 0) is 22.6 Å². The van der Waals surface area contributed by atoms with Crippen molar-refractivity contribution in [3.05, 3.63) is 74.8 Å². The minimum Gasteiger partial charge on any atom is -0.270 e. The maximum atomic E-state index is 12.5. The Morgan fingerprint density at radius 1 is 0.960 bits per heavy atom. The Labute approximate surface area is 145 Å². The summed E-state index contributed by atoms with van der Waals surface area (Å²) in [6.45, 7) is 6.47. The summed E-state index contributed by atoms with van der Waals surface area (Å²) in [6, 6.07) is 11.5. The maximum absolute atomic E-state index is 12.5. The van der Waals surface area contributed by atoms with Gasteiger partial charge in [0.25, 0.3) is 17.5 Å². The Morgan fingerprint density at radius 3 is 2.12 bits per heavy atom. The molecule has 0 aromatic heterocycles. The number of carbonyl (C=O) groups is 2. The van der Waals surface area contributed by atoms with E-state index in [1.54, 1.807) is 0 Å². The first-order chi connectivity index (χ1) is 11.7. The fourth-order valence-corrected chi connectivity index (χ4v) is 2.83. The summed E-state index contributed by atoms with van der Waals surface area (Å²) < 4.78 is 0. The topological polar surface area (TPSA) is 80.5 Å². The van der Waals surface area contributed by atoms with E-state index in [1.165, 1.54) is 12.1 Å². The molecule has 2 amide bonds. The fraction of sp³-hybridized carbons (Fsp3) is 0.263. The highest BCUT2D eigenvalue weighted by atomic mass is 16.6. The zero-order chi connectivity index (χ0) is 18.4. The average molecular weight is 338 g/mol. The molecule has 0 atom stereocenters. The molecule has 0 radical (unpaired) electrons. The molecule has 0 aliphatic carbocycles. The van der Waals surface area contributed by atoms with E-state index in [1.807, 2.05) is 24.3 Å². The van der Waals surface area contributed by atoms with Gasteiger partial charge in [-0.2, -0.15) is 0 Å². The Kier molecular flexibility index (Phi) is 3.91. The Bertz CT molecular complexity index is 879. The molecule has 2 aromatic carbocycles. The first-order valence-electron chi connectivity index (χ1n) is 7.92. The van der Waals surface area contributed by atoms with Crippen LogP contribution in [0.3, 0.4) is 0 Å². The number of non-ortho nitro benzene ring substituents is 1. The van der Waals surface area contributed by atoms with Gasteiger partial charge in [0.1, 0.15) is 0 Å². The highest BCUT2D eigenvalue weighted by molar-refractivity contribution is 6.21. The number of amides is 2. The van der Waals surface area contributed by atoms with E-state index < -0.39 is 16.7 Å². The molecule has 0 unspecified atom stereocenters. The van der Waals surface area contributed by atoms with Crippen molar-refractivity contribution in [2.24, 2.45) is 0 Å². The highest BCUT2D eigenvalue weighted by Gasteiger charge is 2.36. The third kappa shape index (κ3) is 3.03. The van der Waals surface area contributed by atoms with Gasteiger partial charge in [0, 0.05) is 12.1 Å². The second-order valence-electron chi connectivity index (χ2n) is 7.13. The molecule has 6 nitrogen and oxygen atoms in total. The van der Waals surface area contributed by atoms with Gasteiger partial charge in [0.05, 0.1) is 22.6 Å². The van der Waals surface area contributed by atoms with Gasteiger partial charge in [-0.15, -0.1) is 0 Å². The van der Waals surface area contributed by atoms with Crippen LogP contribution in [0.15, 0.2) is 42.5 Å². The van der Waals surface area contributed by atoms with Crippen molar-refractivity contribution in [2.75, 3.05) is 0 Å². The Morgan fingerprint density at radius 2 is 1.56 bits per heavy atom. The molecule has 0 spiro atoms. The quantitative estimate of drug-likeness (QED) is 0.485. The van der Waals surface area contributed by atoms with Gasteiger partial charge in [-0.3, -0.25) is 24.6 Å². The number of carbonyl (C=O) groups excluding carboxylic acids is 2. The van der Waals surface area contributed by atoms with Gasteiger partial charge in [-0.25, -0.2) is 0 Å². The minimum absolute atomic E-state index is 0.0208. The molecule has 0 bridgehead atoms. The van der Waals surface area contributed by atoms with Gasteiger partial charge in [-0.1, -0.05) is 45.0 Å². The first-order valence-corrected chi connectivity index (χ1v) is 7.92. The minimum atomic E-state index is -0.577. The lowest BCUT2D eigenvalue weighted by molar-refractivity contribution is -0.384. The molecule has 3 rings (SSSR count). The number of nitrogens with zero attached hydrogens (tertiary/aromatic N) is 2. The van der Waals surface area contributed by atoms with Crippen LogP contribution >= 0.6 is 0 Å². The lowest BCUT2D eigenvalue weighted by Crippen LogP contribution is -2.29. The lowest BCUT2D eigenvalue weighted by Gasteiger charge is -2.20. The number of fused-ring (bicyclic) bond motifs is 1. The molecular weight excluding hydrogens is 320 g/mol. The monoisotopic (exact) mass is 338 g/mol. The van der Waals surface area contributed by atoms with Crippen molar-refractivity contribution < 1.29 is 14.5 Å². The van der Waals surface area contributed by atoms with Crippen LogP contribution < -0.4 is 0 Å². The van der Waals surface area contributed by atoms with E-state index in [0.717, 1.165) is 22.1 Å². The van der Waals surface area contributed by atoms with Crippen molar-refractivity contribution in [3.8, 4) is 0 Å². The highest BCUT2D eigenvalue weighted by Crippen LogP contribution is 2.28. The molecule has 1 heterocycles. The molecule has 0 N–H and O–H groups in total. The Balaban J connectivity index is 1.86. The number of rotatable bonds is 3. The van der Waals surface area contributed by atoms with E-state index >= 15 is 0 Å². The van der Waals surface area contributed by atoms with E-state index in [0.29, 0.717) is 0 Å². The summed E-state index contributed by atoms with van der Waals surface area (Å²) in [5.41, 5.74) is 2.11. The maximum Gasteiger partial charge on any atom is 0.270 e. The fourth-order valence-electron chi connectivity index (χ4n) is 2.83. The van der Waals surface area contributed by atoms with Crippen molar-refractivity contribution in [3.63, 3.8) is 0 Å². The summed E-state index contributed by atoms with van der Waals surface area (Å²) >= 11 is 0. The van der Waals surface area contributed by atoms with Gasteiger partial charge in [0.15, 0.2) is 0 Å². The number of hydrogen-bond donors (Lipinski definition) is 0. The second-order valence-corrected chi connectivity index (χ2v) is 7.13. The third-order valence-corrected chi connectivity index (χ3v) is 4.33. The van der Waals surface area contributed by atoms with Crippen molar-refractivity contribution in [2.45, 2.75) is 32.7 Å². The molecule has 0 fully saturated rings. The summed E-state index contributed by atoms with van der Waals surface area (Å²) in [5.74, 6) is -0.918. The van der Waals surface area contributed by atoms with Gasteiger partial charge < -0.3 is 0 Å². The SMILES string of the molecule is CC(C)(C)c1ccc(CN2C(=O)c3ccc([N+](=O)[O-])cc3C2=O)cc1. The number of imide groups is 1. The lowest BCUT2D eigenvalue weighted by atomic mass is 9.87. The van der Waals surface area contributed by atoms with Crippen LogP contribution in [0.1, 0.15) is 52.6 Å². The van der Waals surface area contributed by atoms with E-state index in [4.69, 9.17) is 0 Å². The standard InChI is InChI=1S/C19H18N2O4/c1-19(2,3)13-6-4-12(5-7-13)11-20-17(22)15-9-8-14(21(24)25)10-16(15)18(20)23/h4-10H,11H2,1-3H3. The molecule has 6 heteroatoms. The molecule has 1 aliphatic rings. The van der Waals surface area contributed by atoms with Crippen LogP contribution in [0.4, 0.5) is 5.69 Å². The molecule has 0 saturated heterocycles. The zero-order valence-corrected chi connectivity index (χ0v) is 14.3. The van der Waals surface area contributed by atoms with Crippen molar-refractivity contribution in [1.82, 2.24) is 4.90 Å². The number of benzene rings is 2. The molecule has 25 heavy (non-hydrogen) atoms. The van der Waals surface area contributed by atoms with Crippen LogP contribution in [0.5, 0.6) is 0 Å². The van der Waals surface area contributed by atoms with E-state index in [-0.39, 0.29) is 28.8 Å². The van der Waals surface area contributed by atoms with Crippen LogP contribution in [0.2, 0.25) is 0 Å². The summed E-state index contributed by atoms with van der Waals surface area (Å²) in [5, 5.41) is 10.9. The average Bonchev–Trinajstić information content (AvgIpc) is 2.79. The van der Waals surface area contributed by atoms with Crippen LogP contribution in [-0.2, 0) is 12.0 Å². The smallest absolute Gasteiger partial charge is 0.270 e. The van der Waals surface area contributed by atoms with Gasteiger partial charge in [0.2, 0.25) is 0 Å². The molecule has 1 aliphatic heterocycles. The summed E-state index contributed by atoms with van der Waals surface area (Å²) in [4.78, 5) is 36.4. The van der Waals surface area contributed by atoms with E-state index in [2.05, 4.69) is 20.8 Å². The van der Waals surface area contributed by atoms with Crippen molar-refractivity contribution in [1.29, 1.82) is 0 Å². The predicted molar refractivity (Wildman–Crippen MR) is 92.4 cm³/mol. The van der Waals surface area contributed by atoms with Crippen LogP contribution in [0, 0.1) is 10.1 Å². The second kappa shape index (κ2) is 5.81. The van der Waals surface area contributed by atoms with Gasteiger partial charge >= 0.3 is 0 Å². The Hall–Kier alpha value is -3.02.